The molecule has 0 radical (unpaired) electrons. The molecule has 0 atom stereocenters. The highest BCUT2D eigenvalue weighted by Gasteiger charge is 2.04. The number of hydrogen-bond donors (Lipinski definition) is 1. The third kappa shape index (κ3) is 7.07. The van der Waals surface area contributed by atoms with Gasteiger partial charge in [0, 0.05) is 32.9 Å². The van der Waals surface area contributed by atoms with Crippen molar-refractivity contribution < 1.29 is 19.0 Å². The number of carbonyl (C=O) groups excluding carboxylic acids is 1. The van der Waals surface area contributed by atoms with E-state index in [1.165, 1.54) is 0 Å². The Morgan fingerprint density at radius 3 is 2.47 bits per heavy atom. The van der Waals surface area contributed by atoms with Crippen molar-refractivity contribution in [3.05, 3.63) is 12.2 Å². The molecule has 0 heterocycles. The van der Waals surface area contributed by atoms with Crippen LogP contribution in [0.15, 0.2) is 12.2 Å². The second-order valence-corrected chi connectivity index (χ2v) is 3.02. The molecule has 1 N–H and O–H groups in total. The monoisotopic (exact) mass is 217 g/mol. The molecular formula is C10H19NO4. The number of nitrogens with one attached hydrogen (secondary N) is 1. The molecule has 0 bridgehead atoms. The van der Waals surface area contributed by atoms with Gasteiger partial charge in [-0.2, -0.15) is 0 Å². The van der Waals surface area contributed by atoms with E-state index in [2.05, 4.69) is 11.9 Å². The zero-order valence-corrected chi connectivity index (χ0v) is 9.54. The molecule has 5 nitrogen and oxygen atoms in total. The Labute approximate surface area is 90.4 Å². The van der Waals surface area contributed by atoms with Crippen LogP contribution in [0.1, 0.15) is 6.92 Å². The standard InChI is InChI=1S/C10H19NO4/c1-8(2)10(12)15-6-5-11-7-9(13-3)14-4/h9,11H,1,5-7H2,2-4H3. The van der Waals surface area contributed by atoms with E-state index in [9.17, 15) is 4.79 Å². The van der Waals surface area contributed by atoms with E-state index in [1.54, 1.807) is 21.1 Å². The van der Waals surface area contributed by atoms with Crippen molar-refractivity contribution in [1.29, 1.82) is 0 Å². The number of hydrogen-bond acceptors (Lipinski definition) is 5. The van der Waals surface area contributed by atoms with Crippen molar-refractivity contribution in [3.8, 4) is 0 Å². The van der Waals surface area contributed by atoms with E-state index in [0.29, 0.717) is 25.3 Å². The number of methoxy groups -OCH3 is 2. The first-order chi connectivity index (χ1) is 7.11. The number of ether oxygens (including phenoxy) is 3. The molecule has 0 amide bonds. The molecule has 15 heavy (non-hydrogen) atoms. The highest BCUT2D eigenvalue weighted by Crippen LogP contribution is 1.91. The normalized spacial score (nSPS) is 10.4. The Hall–Kier alpha value is -0.910. The fourth-order valence-corrected chi connectivity index (χ4v) is 0.822. The Kier molecular flexibility index (Phi) is 7.89. The summed E-state index contributed by atoms with van der Waals surface area (Å²) in [5.74, 6) is -0.369. The summed E-state index contributed by atoms with van der Waals surface area (Å²) in [6, 6.07) is 0. The summed E-state index contributed by atoms with van der Waals surface area (Å²) < 4.78 is 14.8. The van der Waals surface area contributed by atoms with E-state index in [4.69, 9.17) is 14.2 Å². The van der Waals surface area contributed by atoms with Crippen LogP contribution in [0.4, 0.5) is 0 Å². The van der Waals surface area contributed by atoms with Gasteiger partial charge in [0.1, 0.15) is 6.61 Å². The van der Waals surface area contributed by atoms with Crippen LogP contribution in [0.25, 0.3) is 0 Å². The molecule has 0 saturated heterocycles. The lowest BCUT2D eigenvalue weighted by atomic mass is 10.4. The Morgan fingerprint density at radius 2 is 2.00 bits per heavy atom. The predicted octanol–water partition coefficient (Wildman–Crippen LogP) is 0.314. The molecule has 0 aromatic rings. The Morgan fingerprint density at radius 1 is 1.40 bits per heavy atom. The summed E-state index contributed by atoms with van der Waals surface area (Å²) in [7, 11) is 3.13. The highest BCUT2D eigenvalue weighted by molar-refractivity contribution is 5.86. The summed E-state index contributed by atoms with van der Waals surface area (Å²) in [4.78, 5) is 11.0. The fourth-order valence-electron chi connectivity index (χ4n) is 0.822. The maximum absolute atomic E-state index is 11.0. The minimum Gasteiger partial charge on any atom is -0.461 e. The van der Waals surface area contributed by atoms with Gasteiger partial charge in [-0.25, -0.2) is 4.79 Å². The van der Waals surface area contributed by atoms with E-state index in [-0.39, 0.29) is 12.3 Å². The minimum absolute atomic E-state index is 0.276. The van der Waals surface area contributed by atoms with Crippen LogP contribution < -0.4 is 5.32 Å². The van der Waals surface area contributed by atoms with Gasteiger partial charge in [-0.3, -0.25) is 0 Å². The van der Waals surface area contributed by atoms with Gasteiger partial charge in [0.25, 0.3) is 0 Å². The van der Waals surface area contributed by atoms with Crippen LogP contribution in [0.2, 0.25) is 0 Å². The smallest absolute Gasteiger partial charge is 0.333 e. The lowest BCUT2D eigenvalue weighted by Gasteiger charge is -2.13. The first-order valence-electron chi connectivity index (χ1n) is 4.70. The Balaban J connectivity index is 3.39. The van der Waals surface area contributed by atoms with E-state index >= 15 is 0 Å². The third-order valence-corrected chi connectivity index (χ3v) is 1.70. The summed E-state index contributed by atoms with van der Waals surface area (Å²) >= 11 is 0. The van der Waals surface area contributed by atoms with Crippen LogP contribution in [-0.2, 0) is 19.0 Å². The van der Waals surface area contributed by atoms with Crippen molar-refractivity contribution in [2.45, 2.75) is 13.2 Å². The number of rotatable bonds is 8. The number of esters is 1. The van der Waals surface area contributed by atoms with Gasteiger partial charge in [0.15, 0.2) is 6.29 Å². The van der Waals surface area contributed by atoms with Crippen LogP contribution in [0.5, 0.6) is 0 Å². The van der Waals surface area contributed by atoms with Crippen molar-refractivity contribution in [3.63, 3.8) is 0 Å². The molecule has 88 valence electrons. The van der Waals surface area contributed by atoms with Crippen molar-refractivity contribution >= 4 is 5.97 Å². The molecule has 0 aromatic heterocycles. The van der Waals surface area contributed by atoms with Gasteiger partial charge in [-0.1, -0.05) is 6.58 Å². The fraction of sp³-hybridized carbons (Fsp3) is 0.700. The van der Waals surface area contributed by atoms with E-state index in [1.807, 2.05) is 0 Å². The topological polar surface area (TPSA) is 56.8 Å². The SMILES string of the molecule is C=C(C)C(=O)OCCNCC(OC)OC. The lowest BCUT2D eigenvalue weighted by Crippen LogP contribution is -2.32. The first kappa shape index (κ1) is 14.1. The highest BCUT2D eigenvalue weighted by atomic mass is 16.7. The summed E-state index contributed by atoms with van der Waals surface area (Å²) in [5.41, 5.74) is 0.404. The second-order valence-electron chi connectivity index (χ2n) is 3.02. The summed E-state index contributed by atoms with van der Waals surface area (Å²) in [6.07, 6.45) is -0.276. The Bertz CT molecular complexity index is 202. The molecule has 0 aliphatic heterocycles. The molecular weight excluding hydrogens is 198 g/mol. The molecule has 0 saturated carbocycles. The van der Waals surface area contributed by atoms with Crippen LogP contribution in [-0.4, -0.2) is 46.2 Å². The predicted molar refractivity (Wildman–Crippen MR) is 56.4 cm³/mol. The molecule has 5 heteroatoms. The van der Waals surface area contributed by atoms with E-state index in [0.717, 1.165) is 0 Å². The molecule has 0 rings (SSSR count). The summed E-state index contributed by atoms with van der Waals surface area (Å²) in [5, 5.41) is 3.02. The minimum atomic E-state index is -0.369. The molecule has 0 aliphatic rings. The maximum Gasteiger partial charge on any atom is 0.333 e. The lowest BCUT2D eigenvalue weighted by molar-refractivity contribution is -0.138. The third-order valence-electron chi connectivity index (χ3n) is 1.70. The van der Waals surface area contributed by atoms with Crippen molar-refractivity contribution in [2.75, 3.05) is 33.9 Å². The van der Waals surface area contributed by atoms with Crippen LogP contribution >= 0.6 is 0 Å². The summed E-state index contributed by atoms with van der Waals surface area (Å²) in [6.45, 7) is 6.51. The number of carbonyl (C=O) groups is 1. The van der Waals surface area contributed by atoms with E-state index < -0.39 is 0 Å². The molecule has 0 spiro atoms. The van der Waals surface area contributed by atoms with Gasteiger partial charge >= 0.3 is 5.97 Å². The average Bonchev–Trinajstić information content (AvgIpc) is 2.23. The maximum atomic E-state index is 11.0. The largest absolute Gasteiger partial charge is 0.461 e. The molecule has 0 aliphatic carbocycles. The van der Waals surface area contributed by atoms with Crippen LogP contribution in [0, 0.1) is 0 Å². The zero-order valence-electron chi connectivity index (χ0n) is 9.54. The van der Waals surface area contributed by atoms with Gasteiger partial charge in [-0.05, 0) is 6.92 Å². The first-order valence-corrected chi connectivity index (χ1v) is 4.70. The second kappa shape index (κ2) is 8.40. The van der Waals surface area contributed by atoms with Gasteiger partial charge in [0.05, 0.1) is 0 Å². The van der Waals surface area contributed by atoms with Crippen LogP contribution in [0.3, 0.4) is 0 Å². The van der Waals surface area contributed by atoms with Gasteiger partial charge in [0.2, 0.25) is 0 Å². The molecule has 0 fully saturated rings. The zero-order chi connectivity index (χ0) is 11.7. The average molecular weight is 217 g/mol. The quantitative estimate of drug-likeness (QED) is 0.274. The van der Waals surface area contributed by atoms with Crippen molar-refractivity contribution in [2.24, 2.45) is 0 Å². The molecule has 0 unspecified atom stereocenters. The van der Waals surface area contributed by atoms with Gasteiger partial charge in [-0.15, -0.1) is 0 Å². The van der Waals surface area contributed by atoms with Crippen molar-refractivity contribution in [1.82, 2.24) is 5.32 Å². The molecule has 0 aromatic carbocycles. The van der Waals surface area contributed by atoms with Gasteiger partial charge < -0.3 is 19.5 Å².